The van der Waals surface area contributed by atoms with Gasteiger partial charge in [0.1, 0.15) is 0 Å². The van der Waals surface area contributed by atoms with E-state index in [9.17, 15) is 4.79 Å². The van der Waals surface area contributed by atoms with Crippen molar-refractivity contribution in [1.82, 2.24) is 0 Å². The first-order valence-electron chi connectivity index (χ1n) is 5.58. The molecule has 1 unspecified atom stereocenters. The number of aryl methyl sites for hydroxylation is 1. The average molecular weight is 282 g/mol. The molecule has 2 rings (SSSR count). The number of carbonyl (C=O) groups is 1. The first-order chi connectivity index (χ1) is 7.65. The number of carbonyl (C=O) groups excluding carboxylic acids is 1. The molecule has 1 aliphatic rings. The van der Waals surface area contributed by atoms with Crippen molar-refractivity contribution in [3.8, 4) is 0 Å². The van der Waals surface area contributed by atoms with Gasteiger partial charge in [-0.15, -0.1) is 0 Å². The maximum atomic E-state index is 11.6. The van der Waals surface area contributed by atoms with Gasteiger partial charge in [0.25, 0.3) is 0 Å². The second kappa shape index (κ2) is 4.58. The van der Waals surface area contributed by atoms with Gasteiger partial charge in [0.05, 0.1) is 0 Å². The van der Waals surface area contributed by atoms with E-state index in [0.29, 0.717) is 5.92 Å². The van der Waals surface area contributed by atoms with Crippen LogP contribution in [0.4, 0.5) is 5.69 Å². The zero-order valence-corrected chi connectivity index (χ0v) is 11.3. The first kappa shape index (κ1) is 11.6. The number of fused-ring (bicyclic) bond motifs is 1. The summed E-state index contributed by atoms with van der Waals surface area (Å²) in [6.45, 7) is 4.60. The van der Waals surface area contributed by atoms with Crippen LogP contribution < -0.4 is 4.90 Å². The van der Waals surface area contributed by atoms with E-state index in [1.54, 1.807) is 6.92 Å². The molecule has 0 spiro atoms. The lowest BCUT2D eigenvalue weighted by Gasteiger charge is -2.14. The summed E-state index contributed by atoms with van der Waals surface area (Å²) in [7, 11) is 0. The first-order valence-corrected chi connectivity index (χ1v) is 6.71. The molecule has 0 aliphatic carbocycles. The van der Waals surface area contributed by atoms with Crippen molar-refractivity contribution in [2.45, 2.75) is 26.2 Å². The van der Waals surface area contributed by atoms with E-state index in [1.807, 2.05) is 11.0 Å². The van der Waals surface area contributed by atoms with Crippen LogP contribution in [0, 0.1) is 6.92 Å². The zero-order valence-electron chi connectivity index (χ0n) is 9.66. The van der Waals surface area contributed by atoms with Gasteiger partial charge in [-0.3, -0.25) is 4.79 Å². The Morgan fingerprint density at radius 2 is 2.31 bits per heavy atom. The van der Waals surface area contributed by atoms with Gasteiger partial charge in [-0.05, 0) is 30.5 Å². The lowest BCUT2D eigenvalue weighted by atomic mass is 9.95. The highest BCUT2D eigenvalue weighted by molar-refractivity contribution is 9.09. The van der Waals surface area contributed by atoms with Gasteiger partial charge in [0.15, 0.2) is 0 Å². The van der Waals surface area contributed by atoms with Gasteiger partial charge >= 0.3 is 0 Å². The molecule has 86 valence electrons. The number of halogens is 1. The summed E-state index contributed by atoms with van der Waals surface area (Å²) in [4.78, 5) is 13.5. The molecule has 0 aromatic heterocycles. The minimum atomic E-state index is 0.143. The number of alkyl halides is 1. The molecule has 0 bridgehead atoms. The fourth-order valence-electron chi connectivity index (χ4n) is 2.51. The van der Waals surface area contributed by atoms with Crippen LogP contribution in [-0.4, -0.2) is 17.8 Å². The summed E-state index contributed by atoms with van der Waals surface area (Å²) in [5, 5.41) is 0.983. The van der Waals surface area contributed by atoms with Crippen LogP contribution >= 0.6 is 15.9 Å². The minimum absolute atomic E-state index is 0.143. The Morgan fingerprint density at radius 1 is 1.56 bits per heavy atom. The van der Waals surface area contributed by atoms with Crippen molar-refractivity contribution in [3.63, 3.8) is 0 Å². The maximum absolute atomic E-state index is 11.6. The molecule has 1 aromatic carbocycles. The molecule has 16 heavy (non-hydrogen) atoms. The molecule has 1 aromatic rings. The molecule has 3 heteroatoms. The second-order valence-corrected chi connectivity index (χ2v) is 5.10. The Labute approximate surface area is 105 Å². The van der Waals surface area contributed by atoms with Gasteiger partial charge in [-0.1, -0.05) is 28.1 Å². The summed E-state index contributed by atoms with van der Waals surface area (Å²) < 4.78 is 0. The van der Waals surface area contributed by atoms with Gasteiger partial charge in [-0.25, -0.2) is 0 Å². The van der Waals surface area contributed by atoms with Gasteiger partial charge in [-0.2, -0.15) is 0 Å². The highest BCUT2D eigenvalue weighted by Crippen LogP contribution is 2.40. The van der Waals surface area contributed by atoms with Crippen LogP contribution in [0.3, 0.4) is 0 Å². The number of rotatable bonds is 2. The molecule has 0 saturated heterocycles. The SMILES string of the molecule is CC(=O)N1CC(CCBr)c2c(C)cccc21. The molecule has 2 nitrogen and oxygen atoms in total. The molecule has 0 N–H and O–H groups in total. The summed E-state index contributed by atoms with van der Waals surface area (Å²) in [6, 6.07) is 6.21. The average Bonchev–Trinajstić information content (AvgIpc) is 2.59. The van der Waals surface area contributed by atoms with Crippen molar-refractivity contribution in [1.29, 1.82) is 0 Å². The lowest BCUT2D eigenvalue weighted by molar-refractivity contribution is -0.116. The van der Waals surface area contributed by atoms with E-state index in [1.165, 1.54) is 11.1 Å². The molecule has 1 heterocycles. The molecular formula is C13H16BrNO. The molecule has 0 fully saturated rings. The Morgan fingerprint density at radius 3 is 2.94 bits per heavy atom. The van der Waals surface area contributed by atoms with Crippen LogP contribution in [-0.2, 0) is 4.79 Å². The normalized spacial score (nSPS) is 18.7. The standard InChI is InChI=1S/C13H16BrNO/c1-9-4-3-5-12-13(9)11(6-7-14)8-15(12)10(2)16/h3-5,11H,6-8H2,1-2H3. The fourth-order valence-corrected chi connectivity index (χ4v) is 3.06. The van der Waals surface area contributed by atoms with Crippen LogP contribution in [0.25, 0.3) is 0 Å². The predicted molar refractivity (Wildman–Crippen MR) is 70.4 cm³/mol. The smallest absolute Gasteiger partial charge is 0.223 e. The van der Waals surface area contributed by atoms with E-state index in [2.05, 4.69) is 35.0 Å². The van der Waals surface area contributed by atoms with Crippen molar-refractivity contribution in [2.24, 2.45) is 0 Å². The fraction of sp³-hybridized carbons (Fsp3) is 0.462. The molecule has 0 radical (unpaired) electrons. The van der Waals surface area contributed by atoms with E-state index in [-0.39, 0.29) is 5.91 Å². The summed E-state index contributed by atoms with van der Waals surface area (Å²) in [5.74, 6) is 0.628. The summed E-state index contributed by atoms with van der Waals surface area (Å²) >= 11 is 3.49. The van der Waals surface area contributed by atoms with Crippen molar-refractivity contribution in [2.75, 3.05) is 16.8 Å². The zero-order chi connectivity index (χ0) is 11.7. The predicted octanol–water partition coefficient (Wildman–Crippen LogP) is 3.23. The summed E-state index contributed by atoms with van der Waals surface area (Å²) in [6.07, 6.45) is 1.08. The topological polar surface area (TPSA) is 20.3 Å². The second-order valence-electron chi connectivity index (χ2n) is 4.31. The summed E-state index contributed by atoms with van der Waals surface area (Å²) in [5.41, 5.74) is 3.77. The molecule has 0 saturated carbocycles. The molecule has 1 aliphatic heterocycles. The largest absolute Gasteiger partial charge is 0.312 e. The highest BCUT2D eigenvalue weighted by Gasteiger charge is 2.31. The van der Waals surface area contributed by atoms with Gasteiger partial charge in [0.2, 0.25) is 5.91 Å². The Balaban J connectivity index is 2.44. The Hall–Kier alpha value is -0.830. The number of nitrogens with zero attached hydrogens (tertiary/aromatic N) is 1. The van der Waals surface area contributed by atoms with E-state index >= 15 is 0 Å². The van der Waals surface area contributed by atoms with E-state index in [4.69, 9.17) is 0 Å². The third-order valence-corrected chi connectivity index (χ3v) is 3.70. The van der Waals surface area contributed by atoms with Crippen molar-refractivity contribution in [3.05, 3.63) is 29.3 Å². The van der Waals surface area contributed by atoms with Crippen molar-refractivity contribution < 1.29 is 4.79 Å². The maximum Gasteiger partial charge on any atom is 0.223 e. The van der Waals surface area contributed by atoms with Crippen LogP contribution in [0.1, 0.15) is 30.4 Å². The lowest BCUT2D eigenvalue weighted by Crippen LogP contribution is -2.27. The van der Waals surface area contributed by atoms with E-state index < -0.39 is 0 Å². The number of anilines is 1. The van der Waals surface area contributed by atoms with Crippen LogP contribution in [0.2, 0.25) is 0 Å². The molecular weight excluding hydrogens is 266 g/mol. The van der Waals surface area contributed by atoms with Gasteiger partial charge < -0.3 is 4.90 Å². The van der Waals surface area contributed by atoms with Crippen molar-refractivity contribution >= 4 is 27.5 Å². The van der Waals surface area contributed by atoms with Crippen LogP contribution in [0.5, 0.6) is 0 Å². The van der Waals surface area contributed by atoms with Gasteiger partial charge in [0, 0.05) is 30.4 Å². The number of amides is 1. The molecule has 1 amide bonds. The van der Waals surface area contributed by atoms with Crippen LogP contribution in [0.15, 0.2) is 18.2 Å². The third kappa shape index (κ3) is 1.88. The highest BCUT2D eigenvalue weighted by atomic mass is 79.9. The monoisotopic (exact) mass is 281 g/mol. The minimum Gasteiger partial charge on any atom is -0.312 e. The number of benzene rings is 1. The Kier molecular flexibility index (Phi) is 3.33. The molecule has 1 atom stereocenters. The van der Waals surface area contributed by atoms with E-state index in [0.717, 1.165) is 24.0 Å². The number of hydrogen-bond donors (Lipinski definition) is 0. The third-order valence-electron chi connectivity index (χ3n) is 3.24. The quantitative estimate of drug-likeness (QED) is 0.763. The Bertz CT molecular complexity index is 416. The number of hydrogen-bond acceptors (Lipinski definition) is 1.